The number of piperidine rings is 1. The Labute approximate surface area is 168 Å². The zero-order valence-electron chi connectivity index (χ0n) is 15.4. The zero-order chi connectivity index (χ0) is 18.8. The van der Waals surface area contributed by atoms with Gasteiger partial charge in [-0.05, 0) is 43.2 Å². The van der Waals surface area contributed by atoms with Crippen LogP contribution in [0, 0.1) is 5.82 Å². The van der Waals surface area contributed by atoms with Gasteiger partial charge in [-0.2, -0.15) is 5.10 Å². The first-order valence-electron chi connectivity index (χ1n) is 9.23. The largest absolute Gasteiger partial charge is 0.336 e. The lowest BCUT2D eigenvalue weighted by molar-refractivity contribution is -0.135. The Hall–Kier alpha value is -2.45. The predicted octanol–water partition coefficient (Wildman–Crippen LogP) is 1.47. The SMILES string of the molecule is Cl.O=C(c1ccn(-c2ccc(F)cc2)n1)N1CCCC(N2CCNCC2=O)C1. The van der Waals surface area contributed by atoms with Crippen LogP contribution in [0.4, 0.5) is 4.39 Å². The van der Waals surface area contributed by atoms with E-state index >= 15 is 0 Å². The van der Waals surface area contributed by atoms with E-state index in [0.29, 0.717) is 37.6 Å². The molecule has 7 nitrogen and oxygen atoms in total. The highest BCUT2D eigenvalue weighted by Gasteiger charge is 2.32. The Morgan fingerprint density at radius 3 is 2.71 bits per heavy atom. The molecule has 1 aromatic carbocycles. The first-order chi connectivity index (χ1) is 13.1. The molecule has 0 bridgehead atoms. The van der Waals surface area contributed by atoms with Gasteiger partial charge in [0.2, 0.25) is 5.91 Å². The van der Waals surface area contributed by atoms with Crippen LogP contribution in [0.15, 0.2) is 36.5 Å². The third-order valence-electron chi connectivity index (χ3n) is 5.15. The minimum Gasteiger partial charge on any atom is -0.336 e. The van der Waals surface area contributed by atoms with Crippen LogP contribution in [0.2, 0.25) is 0 Å². The molecule has 0 aliphatic carbocycles. The molecule has 2 aliphatic rings. The summed E-state index contributed by atoms with van der Waals surface area (Å²) in [5.74, 6) is -0.353. The van der Waals surface area contributed by atoms with E-state index < -0.39 is 0 Å². The first kappa shape index (κ1) is 20.3. The summed E-state index contributed by atoms with van der Waals surface area (Å²) in [6.07, 6.45) is 3.48. The minimum atomic E-state index is -0.316. The van der Waals surface area contributed by atoms with E-state index in [1.165, 1.54) is 12.1 Å². The number of benzene rings is 1. The molecule has 2 fully saturated rings. The number of aromatic nitrogens is 2. The lowest BCUT2D eigenvalue weighted by atomic mass is 10.0. The van der Waals surface area contributed by atoms with E-state index in [2.05, 4.69) is 10.4 Å². The van der Waals surface area contributed by atoms with E-state index in [9.17, 15) is 14.0 Å². The number of rotatable bonds is 3. The Bertz CT molecular complexity index is 841. The molecule has 1 unspecified atom stereocenters. The summed E-state index contributed by atoms with van der Waals surface area (Å²) in [6.45, 7) is 3.04. The molecule has 1 atom stereocenters. The lowest BCUT2D eigenvalue weighted by Gasteiger charge is -2.40. The van der Waals surface area contributed by atoms with Gasteiger partial charge in [-0.1, -0.05) is 0 Å². The second-order valence-corrected chi connectivity index (χ2v) is 6.93. The Balaban J connectivity index is 0.00000225. The zero-order valence-corrected chi connectivity index (χ0v) is 16.2. The van der Waals surface area contributed by atoms with E-state index in [1.807, 2.05) is 4.90 Å². The van der Waals surface area contributed by atoms with Gasteiger partial charge >= 0.3 is 0 Å². The Morgan fingerprint density at radius 2 is 1.96 bits per heavy atom. The van der Waals surface area contributed by atoms with Crippen molar-refractivity contribution in [1.82, 2.24) is 24.9 Å². The van der Waals surface area contributed by atoms with Crippen molar-refractivity contribution >= 4 is 24.2 Å². The number of nitrogens with one attached hydrogen (secondary N) is 1. The number of likely N-dealkylation sites (tertiary alicyclic amines) is 1. The van der Waals surface area contributed by atoms with Crippen LogP contribution in [-0.2, 0) is 4.79 Å². The summed E-state index contributed by atoms with van der Waals surface area (Å²) in [5.41, 5.74) is 1.05. The molecule has 0 saturated carbocycles. The molecule has 2 aliphatic heterocycles. The second-order valence-electron chi connectivity index (χ2n) is 6.93. The highest BCUT2D eigenvalue weighted by atomic mass is 35.5. The third-order valence-corrected chi connectivity index (χ3v) is 5.15. The molecule has 1 N–H and O–H groups in total. The van der Waals surface area contributed by atoms with Crippen molar-refractivity contribution in [2.75, 3.05) is 32.7 Å². The quantitative estimate of drug-likeness (QED) is 0.836. The fourth-order valence-corrected chi connectivity index (χ4v) is 3.74. The number of carbonyl (C=O) groups is 2. The molecule has 3 heterocycles. The fourth-order valence-electron chi connectivity index (χ4n) is 3.74. The molecule has 0 radical (unpaired) electrons. The van der Waals surface area contributed by atoms with Crippen LogP contribution in [0.5, 0.6) is 0 Å². The number of hydrogen-bond acceptors (Lipinski definition) is 4. The second kappa shape index (κ2) is 8.70. The highest BCUT2D eigenvalue weighted by Crippen LogP contribution is 2.19. The maximum atomic E-state index is 13.1. The van der Waals surface area contributed by atoms with Crippen molar-refractivity contribution in [3.63, 3.8) is 0 Å². The van der Waals surface area contributed by atoms with Gasteiger partial charge in [-0.3, -0.25) is 9.59 Å². The van der Waals surface area contributed by atoms with Crippen molar-refractivity contribution in [1.29, 1.82) is 0 Å². The molecule has 9 heteroatoms. The van der Waals surface area contributed by atoms with Crippen LogP contribution in [0.3, 0.4) is 0 Å². The van der Waals surface area contributed by atoms with Crippen molar-refractivity contribution in [3.05, 3.63) is 48.0 Å². The smallest absolute Gasteiger partial charge is 0.274 e. The van der Waals surface area contributed by atoms with E-state index in [1.54, 1.807) is 34.0 Å². The number of halogens is 2. The average Bonchev–Trinajstić information content (AvgIpc) is 3.18. The summed E-state index contributed by atoms with van der Waals surface area (Å²) in [7, 11) is 0. The topological polar surface area (TPSA) is 70.5 Å². The van der Waals surface area contributed by atoms with Crippen LogP contribution >= 0.6 is 12.4 Å². The van der Waals surface area contributed by atoms with Gasteiger partial charge in [0, 0.05) is 38.4 Å². The van der Waals surface area contributed by atoms with Crippen molar-refractivity contribution in [2.45, 2.75) is 18.9 Å². The maximum absolute atomic E-state index is 13.1. The van der Waals surface area contributed by atoms with Gasteiger partial charge in [0.25, 0.3) is 5.91 Å². The van der Waals surface area contributed by atoms with Gasteiger partial charge in [0.05, 0.1) is 12.2 Å². The summed E-state index contributed by atoms with van der Waals surface area (Å²) >= 11 is 0. The molecule has 1 aromatic heterocycles. The van der Waals surface area contributed by atoms with Gasteiger partial charge in [-0.25, -0.2) is 9.07 Å². The van der Waals surface area contributed by atoms with Crippen molar-refractivity contribution in [2.24, 2.45) is 0 Å². The number of piperazine rings is 1. The molecular formula is C19H23ClFN5O2. The van der Waals surface area contributed by atoms with E-state index in [-0.39, 0.29) is 36.1 Å². The Morgan fingerprint density at radius 1 is 1.18 bits per heavy atom. The number of carbonyl (C=O) groups excluding carboxylic acids is 2. The molecule has 28 heavy (non-hydrogen) atoms. The lowest BCUT2D eigenvalue weighted by Crippen LogP contribution is -2.57. The summed E-state index contributed by atoms with van der Waals surface area (Å²) in [6, 6.07) is 7.69. The molecular weight excluding hydrogens is 385 g/mol. The Kier molecular flexibility index (Phi) is 6.31. The van der Waals surface area contributed by atoms with Crippen LogP contribution in [0.25, 0.3) is 5.69 Å². The molecule has 2 amide bonds. The average molecular weight is 408 g/mol. The molecule has 0 spiro atoms. The molecule has 2 aromatic rings. The van der Waals surface area contributed by atoms with Crippen molar-refractivity contribution in [3.8, 4) is 5.69 Å². The fraction of sp³-hybridized carbons (Fsp3) is 0.421. The normalized spacial score (nSPS) is 20.0. The number of nitrogens with zero attached hydrogens (tertiary/aromatic N) is 4. The summed E-state index contributed by atoms with van der Waals surface area (Å²) in [5, 5.41) is 7.43. The monoisotopic (exact) mass is 407 g/mol. The van der Waals surface area contributed by atoms with Gasteiger partial charge in [0.1, 0.15) is 5.82 Å². The molecule has 150 valence electrons. The third kappa shape index (κ3) is 4.18. The standard InChI is InChI=1S/C19H22FN5O2.ClH/c20-14-3-5-15(6-4-14)25-10-7-17(22-25)19(27)23-9-1-2-16(13-23)24-11-8-21-12-18(24)26;/h3-7,10,16,21H,1-2,8-9,11-13H2;1H. The van der Waals surface area contributed by atoms with Gasteiger partial charge in [0.15, 0.2) is 5.69 Å². The van der Waals surface area contributed by atoms with Crippen molar-refractivity contribution < 1.29 is 14.0 Å². The van der Waals surface area contributed by atoms with Gasteiger partial charge in [-0.15, -0.1) is 12.4 Å². The molecule has 2 saturated heterocycles. The highest BCUT2D eigenvalue weighted by molar-refractivity contribution is 5.92. The predicted molar refractivity (Wildman–Crippen MR) is 104 cm³/mol. The van der Waals surface area contributed by atoms with Gasteiger partial charge < -0.3 is 15.1 Å². The van der Waals surface area contributed by atoms with E-state index in [0.717, 1.165) is 19.4 Å². The number of amides is 2. The van der Waals surface area contributed by atoms with E-state index in [4.69, 9.17) is 0 Å². The first-order valence-corrected chi connectivity index (χ1v) is 9.23. The van der Waals surface area contributed by atoms with Crippen LogP contribution in [-0.4, -0.2) is 70.2 Å². The van der Waals surface area contributed by atoms with Crippen LogP contribution in [0.1, 0.15) is 23.3 Å². The van der Waals surface area contributed by atoms with Crippen LogP contribution < -0.4 is 5.32 Å². The number of hydrogen-bond donors (Lipinski definition) is 1. The summed E-state index contributed by atoms with van der Waals surface area (Å²) < 4.78 is 14.6. The maximum Gasteiger partial charge on any atom is 0.274 e. The minimum absolute atomic E-state index is 0. The molecule has 4 rings (SSSR count). The summed E-state index contributed by atoms with van der Waals surface area (Å²) in [4.78, 5) is 28.7.